The van der Waals surface area contributed by atoms with E-state index in [1.807, 2.05) is 0 Å². The molecule has 0 aromatic carbocycles. The fraction of sp³-hybridized carbons (Fsp3) is 0.500. The summed E-state index contributed by atoms with van der Waals surface area (Å²) < 4.78 is 6.92. The lowest BCUT2D eigenvalue weighted by molar-refractivity contribution is -0.0509. The van der Waals surface area contributed by atoms with E-state index >= 15 is 0 Å². The van der Waals surface area contributed by atoms with E-state index in [1.165, 1.54) is 17.1 Å². The molecule has 0 radical (unpaired) electrons. The van der Waals surface area contributed by atoms with Crippen LogP contribution >= 0.6 is 0 Å². The number of aliphatic hydroxyl groups is 3. The lowest BCUT2D eigenvalue weighted by Gasteiger charge is -2.16. The summed E-state index contributed by atoms with van der Waals surface area (Å²) in [5.74, 6) is 0.169. The molecule has 1 aliphatic rings. The third-order valence-electron chi connectivity index (χ3n) is 3.21. The largest absolute Gasteiger partial charge is 0.394 e. The fourth-order valence-electron chi connectivity index (χ4n) is 2.20. The number of nitrogens with zero attached hydrogens (tertiary/aromatic N) is 4. The minimum atomic E-state index is -1.18. The van der Waals surface area contributed by atoms with Crippen molar-refractivity contribution in [2.75, 3.05) is 12.3 Å². The molecule has 0 aliphatic carbocycles. The average molecular weight is 267 g/mol. The second-order valence-electron chi connectivity index (χ2n) is 4.34. The van der Waals surface area contributed by atoms with Gasteiger partial charge >= 0.3 is 0 Å². The first kappa shape index (κ1) is 12.2. The van der Waals surface area contributed by atoms with Crippen LogP contribution in [0.2, 0.25) is 0 Å². The van der Waals surface area contributed by atoms with Crippen LogP contribution in [0.5, 0.6) is 0 Å². The van der Waals surface area contributed by atoms with Gasteiger partial charge in [-0.05, 0) is 0 Å². The normalized spacial score (nSPS) is 31.1. The van der Waals surface area contributed by atoms with Gasteiger partial charge in [0.15, 0.2) is 12.0 Å². The molecule has 0 spiro atoms. The summed E-state index contributed by atoms with van der Waals surface area (Å²) in [5, 5.41) is 36.1. The molecule has 9 nitrogen and oxygen atoms in total. The molecule has 9 heteroatoms. The number of anilines is 1. The van der Waals surface area contributed by atoms with Gasteiger partial charge in [0.1, 0.15) is 23.8 Å². The highest BCUT2D eigenvalue weighted by Gasteiger charge is 2.43. The Kier molecular flexibility index (Phi) is 2.82. The summed E-state index contributed by atoms with van der Waals surface area (Å²) in [4.78, 5) is 4.07. The summed E-state index contributed by atoms with van der Waals surface area (Å²) >= 11 is 0. The van der Waals surface area contributed by atoms with Crippen LogP contribution in [-0.2, 0) is 4.74 Å². The molecule has 2 aromatic rings. The number of rotatable bonds is 2. The summed E-state index contributed by atoms with van der Waals surface area (Å²) in [6.45, 7) is -0.386. The summed E-state index contributed by atoms with van der Waals surface area (Å²) in [6.07, 6.45) is -1.19. The molecule has 19 heavy (non-hydrogen) atoms. The van der Waals surface area contributed by atoms with E-state index in [0.29, 0.717) is 11.0 Å². The zero-order valence-corrected chi connectivity index (χ0v) is 9.79. The van der Waals surface area contributed by atoms with Crippen LogP contribution in [0.15, 0.2) is 12.5 Å². The number of imidazole rings is 1. The molecule has 0 bridgehead atoms. The van der Waals surface area contributed by atoms with Gasteiger partial charge in [-0.25, -0.2) is 4.98 Å². The first-order valence-corrected chi connectivity index (χ1v) is 5.69. The number of aromatic nitrogens is 4. The first-order chi connectivity index (χ1) is 9.13. The number of aliphatic hydroxyl groups excluding tert-OH is 3. The van der Waals surface area contributed by atoms with Crippen molar-refractivity contribution in [1.29, 1.82) is 0 Å². The van der Waals surface area contributed by atoms with Crippen molar-refractivity contribution in [3.05, 3.63) is 12.5 Å². The first-order valence-electron chi connectivity index (χ1n) is 5.69. The quantitative estimate of drug-likeness (QED) is 0.491. The third kappa shape index (κ3) is 1.75. The van der Waals surface area contributed by atoms with E-state index in [4.69, 9.17) is 15.6 Å². The van der Waals surface area contributed by atoms with Crippen molar-refractivity contribution >= 4 is 16.9 Å². The smallest absolute Gasteiger partial charge is 0.174 e. The molecule has 4 atom stereocenters. The summed E-state index contributed by atoms with van der Waals surface area (Å²) in [5.41, 5.74) is 6.61. The van der Waals surface area contributed by atoms with Crippen LogP contribution in [-0.4, -0.2) is 60.0 Å². The Labute approximate surface area is 107 Å². The Morgan fingerprint density at radius 2 is 2.16 bits per heavy atom. The Balaban J connectivity index is 2.04. The molecule has 0 amide bonds. The monoisotopic (exact) mass is 267 g/mol. The SMILES string of the molecule is Nc1nncc2c1ncn2[C@@H]1O[C@H](CO)C(O)[C@H]1O. The van der Waals surface area contributed by atoms with Crippen LogP contribution in [0.4, 0.5) is 5.82 Å². The second-order valence-corrected chi connectivity index (χ2v) is 4.34. The second kappa shape index (κ2) is 4.38. The number of hydrogen-bond donors (Lipinski definition) is 4. The van der Waals surface area contributed by atoms with Gasteiger partial charge in [-0.1, -0.05) is 0 Å². The Morgan fingerprint density at radius 3 is 2.84 bits per heavy atom. The van der Waals surface area contributed by atoms with Crippen molar-refractivity contribution in [2.24, 2.45) is 0 Å². The highest BCUT2D eigenvalue weighted by Crippen LogP contribution is 2.31. The van der Waals surface area contributed by atoms with Gasteiger partial charge in [0.05, 0.1) is 24.6 Å². The van der Waals surface area contributed by atoms with E-state index in [1.54, 1.807) is 0 Å². The molecule has 1 saturated heterocycles. The minimum Gasteiger partial charge on any atom is -0.394 e. The van der Waals surface area contributed by atoms with Crippen molar-refractivity contribution in [3.63, 3.8) is 0 Å². The molecule has 3 rings (SSSR count). The maximum atomic E-state index is 9.96. The molecule has 102 valence electrons. The predicted octanol–water partition coefficient (Wildman–Crippen LogP) is -1.98. The molecule has 1 aliphatic heterocycles. The van der Waals surface area contributed by atoms with E-state index in [2.05, 4.69) is 15.2 Å². The standard InChI is InChI=1S/C10H13N5O4/c11-9-6-4(1-13-14-9)15(3-12-6)10-8(18)7(17)5(2-16)19-10/h1,3,5,7-8,10,16-18H,2H2,(H2,11,14)/t5-,7?,8-,10-/m1/s1. The predicted molar refractivity (Wildman–Crippen MR) is 62.7 cm³/mol. The van der Waals surface area contributed by atoms with Crippen LogP contribution in [0.25, 0.3) is 11.0 Å². The molecular formula is C10H13N5O4. The number of ether oxygens (including phenoxy) is 1. The Hall–Kier alpha value is -1.81. The zero-order valence-electron chi connectivity index (χ0n) is 9.79. The van der Waals surface area contributed by atoms with Gasteiger partial charge in [0, 0.05) is 0 Å². The Morgan fingerprint density at radius 1 is 1.37 bits per heavy atom. The molecule has 1 unspecified atom stereocenters. The van der Waals surface area contributed by atoms with Gasteiger partial charge in [-0.15, -0.1) is 5.10 Å². The average Bonchev–Trinajstić information content (AvgIpc) is 2.94. The number of nitrogen functional groups attached to an aromatic ring is 1. The van der Waals surface area contributed by atoms with E-state index in [9.17, 15) is 10.2 Å². The lowest BCUT2D eigenvalue weighted by Crippen LogP contribution is -2.33. The molecule has 2 aromatic heterocycles. The van der Waals surface area contributed by atoms with Crippen LogP contribution < -0.4 is 5.73 Å². The van der Waals surface area contributed by atoms with E-state index in [0.717, 1.165) is 0 Å². The molecule has 3 heterocycles. The van der Waals surface area contributed by atoms with Gasteiger partial charge in [0.2, 0.25) is 0 Å². The van der Waals surface area contributed by atoms with E-state index < -0.39 is 24.5 Å². The van der Waals surface area contributed by atoms with Crippen LogP contribution in [0.1, 0.15) is 6.23 Å². The maximum absolute atomic E-state index is 9.96. The molecule has 5 N–H and O–H groups in total. The number of nitrogens with two attached hydrogens (primary N) is 1. The van der Waals surface area contributed by atoms with Crippen molar-refractivity contribution < 1.29 is 20.1 Å². The van der Waals surface area contributed by atoms with Crippen molar-refractivity contribution in [3.8, 4) is 0 Å². The lowest BCUT2D eigenvalue weighted by atomic mass is 10.1. The van der Waals surface area contributed by atoms with Gasteiger partial charge < -0.3 is 25.8 Å². The molecule has 0 saturated carbocycles. The minimum absolute atomic E-state index is 0.169. The highest BCUT2D eigenvalue weighted by molar-refractivity contribution is 5.83. The molecular weight excluding hydrogens is 254 g/mol. The fourth-order valence-corrected chi connectivity index (χ4v) is 2.20. The van der Waals surface area contributed by atoms with Gasteiger partial charge in [-0.2, -0.15) is 5.10 Å². The molecule has 1 fully saturated rings. The van der Waals surface area contributed by atoms with Gasteiger partial charge in [0.25, 0.3) is 0 Å². The van der Waals surface area contributed by atoms with Crippen LogP contribution in [0, 0.1) is 0 Å². The summed E-state index contributed by atoms with van der Waals surface area (Å²) in [6, 6.07) is 0. The number of hydrogen-bond acceptors (Lipinski definition) is 8. The maximum Gasteiger partial charge on any atom is 0.174 e. The third-order valence-corrected chi connectivity index (χ3v) is 3.21. The van der Waals surface area contributed by atoms with E-state index in [-0.39, 0.29) is 12.4 Å². The van der Waals surface area contributed by atoms with Crippen molar-refractivity contribution in [1.82, 2.24) is 19.7 Å². The summed E-state index contributed by atoms with van der Waals surface area (Å²) in [7, 11) is 0. The van der Waals surface area contributed by atoms with Crippen LogP contribution in [0.3, 0.4) is 0 Å². The Bertz CT molecular complexity index is 603. The number of fused-ring (bicyclic) bond motifs is 1. The highest BCUT2D eigenvalue weighted by atomic mass is 16.6. The zero-order chi connectivity index (χ0) is 13.6. The topological polar surface area (TPSA) is 140 Å². The van der Waals surface area contributed by atoms with Crippen molar-refractivity contribution in [2.45, 2.75) is 24.5 Å². The van der Waals surface area contributed by atoms with Gasteiger partial charge in [-0.3, -0.25) is 4.57 Å².